The maximum atomic E-state index is 10.9. The lowest BCUT2D eigenvalue weighted by Gasteiger charge is -2.31. The van der Waals surface area contributed by atoms with Gasteiger partial charge < -0.3 is 14.5 Å². The Morgan fingerprint density at radius 3 is 2.36 bits per heavy atom. The Labute approximate surface area is 66.7 Å². The Bertz CT molecular complexity index is 141. The molecule has 1 fully saturated rings. The van der Waals surface area contributed by atoms with E-state index in [1.165, 1.54) is 0 Å². The second-order valence-electron chi connectivity index (χ2n) is 2.70. The Morgan fingerprint density at radius 2 is 1.91 bits per heavy atom. The first-order valence-corrected chi connectivity index (χ1v) is 3.63. The summed E-state index contributed by atoms with van der Waals surface area (Å²) in [6.07, 6.45) is -0.321. The summed E-state index contributed by atoms with van der Waals surface area (Å²) >= 11 is 0. The van der Waals surface area contributed by atoms with Gasteiger partial charge in [-0.2, -0.15) is 0 Å². The first-order valence-electron chi connectivity index (χ1n) is 3.63. The van der Waals surface area contributed by atoms with Crippen molar-refractivity contribution in [3.63, 3.8) is 0 Å². The summed E-state index contributed by atoms with van der Waals surface area (Å²) in [5.74, 6) is 0. The molecule has 0 spiro atoms. The SMILES string of the molecule is [CH2]OC(=O)N1CCN(C)CC1. The van der Waals surface area contributed by atoms with Crippen molar-refractivity contribution in [1.29, 1.82) is 0 Å². The quantitative estimate of drug-likeness (QED) is 0.502. The molecule has 0 saturated carbocycles. The Kier molecular flexibility index (Phi) is 2.70. The van der Waals surface area contributed by atoms with Gasteiger partial charge in [-0.1, -0.05) is 0 Å². The average Bonchev–Trinajstić information content (AvgIpc) is 2.05. The molecule has 4 nitrogen and oxygen atoms in total. The van der Waals surface area contributed by atoms with Crippen molar-refractivity contribution >= 4 is 6.09 Å². The van der Waals surface area contributed by atoms with Crippen LogP contribution in [0.3, 0.4) is 0 Å². The van der Waals surface area contributed by atoms with E-state index in [-0.39, 0.29) is 6.09 Å². The number of piperazine rings is 1. The number of ether oxygens (including phenoxy) is 1. The van der Waals surface area contributed by atoms with Crippen molar-refractivity contribution in [2.24, 2.45) is 0 Å². The van der Waals surface area contributed by atoms with Crippen LogP contribution in [0.15, 0.2) is 0 Å². The molecule has 1 saturated heterocycles. The number of rotatable bonds is 0. The van der Waals surface area contributed by atoms with Crippen LogP contribution in [-0.4, -0.2) is 49.1 Å². The van der Waals surface area contributed by atoms with Gasteiger partial charge in [0, 0.05) is 26.2 Å². The number of likely N-dealkylation sites (N-methyl/N-ethyl adjacent to an activating group) is 1. The van der Waals surface area contributed by atoms with E-state index in [1.807, 2.05) is 7.05 Å². The third-order valence-electron chi connectivity index (χ3n) is 1.88. The molecule has 1 heterocycles. The molecule has 0 aromatic carbocycles. The van der Waals surface area contributed by atoms with E-state index >= 15 is 0 Å². The highest BCUT2D eigenvalue weighted by Gasteiger charge is 2.18. The molecule has 0 bridgehead atoms. The van der Waals surface area contributed by atoms with Crippen molar-refractivity contribution in [2.45, 2.75) is 0 Å². The Balaban J connectivity index is 2.33. The zero-order valence-corrected chi connectivity index (χ0v) is 6.75. The van der Waals surface area contributed by atoms with E-state index in [0.717, 1.165) is 26.2 Å². The van der Waals surface area contributed by atoms with Crippen LogP contribution in [0.5, 0.6) is 0 Å². The molecule has 1 aliphatic heterocycles. The number of carbonyl (C=O) groups is 1. The number of amides is 1. The average molecular weight is 157 g/mol. The van der Waals surface area contributed by atoms with Crippen LogP contribution in [-0.2, 0) is 4.74 Å². The van der Waals surface area contributed by atoms with Gasteiger partial charge >= 0.3 is 6.09 Å². The summed E-state index contributed by atoms with van der Waals surface area (Å²) in [7, 11) is 5.11. The first kappa shape index (κ1) is 8.33. The molecule has 1 rings (SSSR count). The maximum absolute atomic E-state index is 10.9. The molecule has 0 unspecified atom stereocenters. The van der Waals surface area contributed by atoms with E-state index in [2.05, 4.69) is 16.7 Å². The summed E-state index contributed by atoms with van der Waals surface area (Å²) in [5, 5.41) is 0. The highest BCUT2D eigenvalue weighted by atomic mass is 16.5. The summed E-state index contributed by atoms with van der Waals surface area (Å²) in [5.41, 5.74) is 0. The van der Waals surface area contributed by atoms with Crippen molar-refractivity contribution < 1.29 is 9.53 Å². The minimum Gasteiger partial charge on any atom is -0.446 e. The fraction of sp³-hybridized carbons (Fsp3) is 0.714. The van der Waals surface area contributed by atoms with Crippen molar-refractivity contribution in [2.75, 3.05) is 33.2 Å². The largest absolute Gasteiger partial charge is 0.446 e. The lowest BCUT2D eigenvalue weighted by molar-refractivity contribution is 0.107. The van der Waals surface area contributed by atoms with Gasteiger partial charge in [0.05, 0.1) is 0 Å². The third-order valence-corrected chi connectivity index (χ3v) is 1.88. The topological polar surface area (TPSA) is 32.8 Å². The molecule has 0 N–H and O–H groups in total. The lowest BCUT2D eigenvalue weighted by Crippen LogP contribution is -2.46. The van der Waals surface area contributed by atoms with Gasteiger partial charge in [-0.3, -0.25) is 0 Å². The van der Waals surface area contributed by atoms with E-state index in [0.29, 0.717) is 0 Å². The van der Waals surface area contributed by atoms with Gasteiger partial charge in [0.2, 0.25) is 0 Å². The minimum absolute atomic E-state index is 0.321. The van der Waals surface area contributed by atoms with Crippen LogP contribution in [0.4, 0.5) is 4.79 Å². The summed E-state index contributed by atoms with van der Waals surface area (Å²) in [4.78, 5) is 14.7. The number of nitrogens with zero attached hydrogens (tertiary/aromatic N) is 2. The molecule has 1 amide bonds. The molecular weight excluding hydrogens is 144 g/mol. The smallest absolute Gasteiger partial charge is 0.409 e. The molecule has 0 aromatic heterocycles. The monoisotopic (exact) mass is 157 g/mol. The Morgan fingerprint density at radius 1 is 1.36 bits per heavy atom. The minimum atomic E-state index is -0.321. The number of carbonyl (C=O) groups excluding carboxylic acids is 1. The molecule has 4 heteroatoms. The summed E-state index contributed by atoms with van der Waals surface area (Å²) < 4.78 is 4.34. The fourth-order valence-corrected chi connectivity index (χ4v) is 1.08. The van der Waals surface area contributed by atoms with Gasteiger partial charge in [0.1, 0.15) is 7.11 Å². The van der Waals surface area contributed by atoms with Crippen LogP contribution in [0.2, 0.25) is 0 Å². The van der Waals surface area contributed by atoms with Crippen molar-refractivity contribution in [3.05, 3.63) is 7.11 Å². The molecule has 1 radical (unpaired) electrons. The molecule has 0 atom stereocenters. The highest BCUT2D eigenvalue weighted by molar-refractivity contribution is 5.67. The second-order valence-corrected chi connectivity index (χ2v) is 2.70. The summed E-state index contributed by atoms with van der Waals surface area (Å²) in [6.45, 7) is 3.31. The van der Waals surface area contributed by atoms with Crippen LogP contribution in [0.25, 0.3) is 0 Å². The van der Waals surface area contributed by atoms with Crippen LogP contribution < -0.4 is 0 Å². The molecule has 0 aliphatic carbocycles. The zero-order valence-electron chi connectivity index (χ0n) is 6.75. The highest BCUT2D eigenvalue weighted by Crippen LogP contribution is 2.00. The maximum Gasteiger partial charge on any atom is 0.409 e. The zero-order chi connectivity index (χ0) is 8.27. The molecule has 11 heavy (non-hydrogen) atoms. The number of hydrogen-bond donors (Lipinski definition) is 0. The predicted octanol–water partition coefficient (Wildman–Crippen LogP) is 0.162. The molecule has 0 aromatic rings. The van der Waals surface area contributed by atoms with Crippen LogP contribution >= 0.6 is 0 Å². The van der Waals surface area contributed by atoms with E-state index in [9.17, 15) is 4.79 Å². The predicted molar refractivity (Wildman–Crippen MR) is 40.9 cm³/mol. The van der Waals surface area contributed by atoms with Crippen LogP contribution in [0, 0.1) is 7.11 Å². The van der Waals surface area contributed by atoms with Gasteiger partial charge in [0.15, 0.2) is 0 Å². The third kappa shape index (κ3) is 2.08. The van der Waals surface area contributed by atoms with Gasteiger partial charge in [0.25, 0.3) is 0 Å². The van der Waals surface area contributed by atoms with Crippen LogP contribution in [0.1, 0.15) is 0 Å². The molecule has 63 valence electrons. The number of hydrogen-bond acceptors (Lipinski definition) is 3. The van der Waals surface area contributed by atoms with Crippen molar-refractivity contribution in [1.82, 2.24) is 9.80 Å². The second kappa shape index (κ2) is 3.57. The van der Waals surface area contributed by atoms with Gasteiger partial charge in [-0.25, -0.2) is 4.79 Å². The lowest BCUT2D eigenvalue weighted by atomic mass is 10.3. The van der Waals surface area contributed by atoms with E-state index in [4.69, 9.17) is 0 Å². The first-order chi connectivity index (χ1) is 5.24. The van der Waals surface area contributed by atoms with E-state index in [1.54, 1.807) is 4.90 Å². The van der Waals surface area contributed by atoms with Gasteiger partial charge in [-0.05, 0) is 7.05 Å². The van der Waals surface area contributed by atoms with E-state index < -0.39 is 0 Å². The molecular formula is C7H13N2O2. The standard InChI is InChI=1S/C7H13N2O2/c1-8-3-5-9(6-4-8)7(10)11-2/h2-6H2,1H3. The van der Waals surface area contributed by atoms with Gasteiger partial charge in [-0.15, -0.1) is 0 Å². The Hall–Kier alpha value is -0.770. The normalized spacial score (nSPS) is 20.0. The van der Waals surface area contributed by atoms with Crippen molar-refractivity contribution in [3.8, 4) is 0 Å². The fourth-order valence-electron chi connectivity index (χ4n) is 1.08. The molecule has 1 aliphatic rings. The summed E-state index contributed by atoms with van der Waals surface area (Å²) in [6, 6.07) is 0.